The van der Waals surface area contributed by atoms with Gasteiger partial charge in [0.1, 0.15) is 11.6 Å². The zero-order valence-electron chi connectivity index (χ0n) is 11.5. The molecular formula is C16H17BrFNO. The number of rotatable bonds is 5. The Balaban J connectivity index is 2.19. The number of ether oxygens (including phenoxy) is 1. The molecule has 0 bridgehead atoms. The molecule has 2 aromatic carbocycles. The van der Waals surface area contributed by atoms with Crippen LogP contribution in [0.2, 0.25) is 0 Å². The van der Waals surface area contributed by atoms with Gasteiger partial charge < -0.3 is 10.1 Å². The summed E-state index contributed by atoms with van der Waals surface area (Å²) in [5.74, 6) is 0.609. The van der Waals surface area contributed by atoms with Crippen LogP contribution in [0.1, 0.15) is 17.2 Å². The van der Waals surface area contributed by atoms with E-state index in [4.69, 9.17) is 4.74 Å². The van der Waals surface area contributed by atoms with Crippen LogP contribution >= 0.6 is 15.9 Å². The first-order chi connectivity index (χ1) is 9.63. The Morgan fingerprint density at radius 3 is 2.45 bits per heavy atom. The van der Waals surface area contributed by atoms with Crippen LogP contribution in [0.5, 0.6) is 5.75 Å². The molecule has 4 heteroatoms. The van der Waals surface area contributed by atoms with E-state index in [2.05, 4.69) is 21.2 Å². The molecule has 0 aromatic heterocycles. The predicted molar refractivity (Wildman–Crippen MR) is 82.6 cm³/mol. The summed E-state index contributed by atoms with van der Waals surface area (Å²) in [7, 11) is 3.56. The molecule has 0 radical (unpaired) electrons. The molecule has 0 saturated heterocycles. The molecule has 0 fully saturated rings. The van der Waals surface area contributed by atoms with E-state index in [0.717, 1.165) is 22.2 Å². The first-order valence-electron chi connectivity index (χ1n) is 6.39. The highest BCUT2D eigenvalue weighted by Crippen LogP contribution is 2.27. The molecule has 1 atom stereocenters. The summed E-state index contributed by atoms with van der Waals surface area (Å²) in [6.45, 7) is 0. The van der Waals surface area contributed by atoms with Crippen LogP contribution in [0.25, 0.3) is 0 Å². The average Bonchev–Trinajstić information content (AvgIpc) is 2.46. The van der Waals surface area contributed by atoms with Gasteiger partial charge in [0.15, 0.2) is 0 Å². The van der Waals surface area contributed by atoms with Crippen LogP contribution in [-0.2, 0) is 6.42 Å². The van der Waals surface area contributed by atoms with Crippen molar-refractivity contribution in [3.63, 3.8) is 0 Å². The Kier molecular flexibility index (Phi) is 5.15. The van der Waals surface area contributed by atoms with E-state index >= 15 is 0 Å². The molecule has 2 rings (SSSR count). The number of nitrogens with one attached hydrogen (secondary N) is 1. The lowest BCUT2D eigenvalue weighted by molar-refractivity contribution is 0.414. The molecule has 0 saturated carbocycles. The van der Waals surface area contributed by atoms with Crippen LogP contribution in [0.4, 0.5) is 4.39 Å². The van der Waals surface area contributed by atoms with Crippen molar-refractivity contribution in [3.05, 3.63) is 63.9 Å². The van der Waals surface area contributed by atoms with E-state index in [1.807, 2.05) is 37.4 Å². The summed E-state index contributed by atoms with van der Waals surface area (Å²) in [5.41, 5.74) is 2.24. The van der Waals surface area contributed by atoms with E-state index < -0.39 is 0 Å². The second kappa shape index (κ2) is 6.86. The Labute approximate surface area is 127 Å². The Morgan fingerprint density at radius 2 is 1.90 bits per heavy atom. The third-order valence-electron chi connectivity index (χ3n) is 3.29. The molecule has 106 valence electrons. The molecule has 0 aliphatic heterocycles. The number of hydrogen-bond donors (Lipinski definition) is 1. The van der Waals surface area contributed by atoms with Crippen LogP contribution in [0.3, 0.4) is 0 Å². The molecule has 0 amide bonds. The lowest BCUT2D eigenvalue weighted by atomic mass is 9.99. The van der Waals surface area contributed by atoms with Crippen molar-refractivity contribution in [3.8, 4) is 5.75 Å². The highest BCUT2D eigenvalue weighted by atomic mass is 79.9. The van der Waals surface area contributed by atoms with E-state index in [1.165, 1.54) is 17.7 Å². The normalized spacial score (nSPS) is 12.2. The molecule has 0 aliphatic carbocycles. The van der Waals surface area contributed by atoms with Gasteiger partial charge in [-0.2, -0.15) is 0 Å². The fraction of sp³-hybridized carbons (Fsp3) is 0.250. The van der Waals surface area contributed by atoms with Gasteiger partial charge in [-0.05, 0) is 48.9 Å². The van der Waals surface area contributed by atoms with Crippen LogP contribution in [-0.4, -0.2) is 14.2 Å². The van der Waals surface area contributed by atoms with E-state index in [0.29, 0.717) is 0 Å². The lowest BCUT2D eigenvalue weighted by Gasteiger charge is -2.18. The predicted octanol–water partition coefficient (Wildman–Crippen LogP) is 4.10. The topological polar surface area (TPSA) is 21.3 Å². The zero-order chi connectivity index (χ0) is 14.5. The number of benzene rings is 2. The van der Waals surface area contributed by atoms with Crippen molar-refractivity contribution in [1.82, 2.24) is 5.32 Å². The SMILES string of the molecule is CNC(Cc1ccc(OC)cc1)c1ccc(F)cc1Br. The second-order valence-electron chi connectivity index (χ2n) is 4.56. The number of halogens is 2. The van der Waals surface area contributed by atoms with Gasteiger partial charge in [-0.1, -0.05) is 34.1 Å². The monoisotopic (exact) mass is 337 g/mol. The second-order valence-corrected chi connectivity index (χ2v) is 5.41. The van der Waals surface area contributed by atoms with Gasteiger partial charge in [-0.15, -0.1) is 0 Å². The highest BCUT2D eigenvalue weighted by Gasteiger charge is 2.14. The molecule has 0 spiro atoms. The Hall–Kier alpha value is -1.39. The van der Waals surface area contributed by atoms with Crippen molar-refractivity contribution in [2.24, 2.45) is 0 Å². The minimum absolute atomic E-state index is 0.123. The van der Waals surface area contributed by atoms with Gasteiger partial charge in [0, 0.05) is 10.5 Å². The van der Waals surface area contributed by atoms with Gasteiger partial charge >= 0.3 is 0 Å². The van der Waals surface area contributed by atoms with Crippen molar-refractivity contribution in [1.29, 1.82) is 0 Å². The van der Waals surface area contributed by atoms with Crippen LogP contribution in [0, 0.1) is 5.82 Å². The molecular weight excluding hydrogens is 321 g/mol. The smallest absolute Gasteiger partial charge is 0.124 e. The Morgan fingerprint density at radius 1 is 1.20 bits per heavy atom. The molecule has 1 unspecified atom stereocenters. The molecule has 20 heavy (non-hydrogen) atoms. The maximum Gasteiger partial charge on any atom is 0.124 e. The van der Waals surface area contributed by atoms with Gasteiger partial charge in [0.05, 0.1) is 7.11 Å². The lowest BCUT2D eigenvalue weighted by Crippen LogP contribution is -2.19. The van der Waals surface area contributed by atoms with Crippen molar-refractivity contribution < 1.29 is 9.13 Å². The maximum atomic E-state index is 13.2. The minimum atomic E-state index is -0.236. The molecule has 0 aliphatic rings. The average molecular weight is 338 g/mol. The third-order valence-corrected chi connectivity index (χ3v) is 3.97. The van der Waals surface area contributed by atoms with Gasteiger partial charge in [0.25, 0.3) is 0 Å². The molecule has 1 N–H and O–H groups in total. The van der Waals surface area contributed by atoms with E-state index in [1.54, 1.807) is 7.11 Å². The minimum Gasteiger partial charge on any atom is -0.497 e. The fourth-order valence-electron chi connectivity index (χ4n) is 2.15. The number of likely N-dealkylation sites (N-methyl/N-ethyl adjacent to an activating group) is 1. The van der Waals surface area contributed by atoms with Gasteiger partial charge in [-0.25, -0.2) is 4.39 Å². The van der Waals surface area contributed by atoms with Crippen LogP contribution in [0.15, 0.2) is 46.9 Å². The maximum absolute atomic E-state index is 13.2. The third kappa shape index (κ3) is 3.58. The van der Waals surface area contributed by atoms with Crippen molar-refractivity contribution in [2.75, 3.05) is 14.2 Å². The summed E-state index contributed by atoms with van der Waals surface area (Å²) < 4.78 is 19.1. The molecule has 2 nitrogen and oxygen atoms in total. The van der Waals surface area contributed by atoms with Gasteiger partial charge in [0.2, 0.25) is 0 Å². The summed E-state index contributed by atoms with van der Waals surface area (Å²) in [4.78, 5) is 0. The summed E-state index contributed by atoms with van der Waals surface area (Å²) in [5, 5.41) is 3.27. The summed E-state index contributed by atoms with van der Waals surface area (Å²) in [6.07, 6.45) is 0.824. The molecule has 0 heterocycles. The first kappa shape index (κ1) is 15.0. The van der Waals surface area contributed by atoms with E-state index in [-0.39, 0.29) is 11.9 Å². The van der Waals surface area contributed by atoms with Crippen molar-refractivity contribution in [2.45, 2.75) is 12.5 Å². The highest BCUT2D eigenvalue weighted by molar-refractivity contribution is 9.10. The quantitative estimate of drug-likeness (QED) is 0.886. The standard InChI is InChI=1S/C16H17BrFNO/c1-19-16(14-8-5-12(18)10-15(14)17)9-11-3-6-13(20-2)7-4-11/h3-8,10,16,19H,9H2,1-2H3. The Bertz CT molecular complexity index is 571. The van der Waals surface area contributed by atoms with E-state index in [9.17, 15) is 4.39 Å². The molecule has 2 aromatic rings. The summed E-state index contributed by atoms with van der Waals surface area (Å²) in [6, 6.07) is 12.9. The largest absolute Gasteiger partial charge is 0.497 e. The van der Waals surface area contributed by atoms with Crippen molar-refractivity contribution >= 4 is 15.9 Å². The number of methoxy groups -OCH3 is 1. The fourth-order valence-corrected chi connectivity index (χ4v) is 2.78. The van der Waals surface area contributed by atoms with Gasteiger partial charge in [-0.3, -0.25) is 0 Å². The first-order valence-corrected chi connectivity index (χ1v) is 7.18. The van der Waals surface area contributed by atoms with Crippen LogP contribution < -0.4 is 10.1 Å². The number of hydrogen-bond acceptors (Lipinski definition) is 2. The zero-order valence-corrected chi connectivity index (χ0v) is 13.1. The summed E-state index contributed by atoms with van der Waals surface area (Å²) >= 11 is 3.42.